The lowest BCUT2D eigenvalue weighted by Gasteiger charge is -1.88. The van der Waals surface area contributed by atoms with Gasteiger partial charge in [0, 0.05) is 22.4 Å². The maximum absolute atomic E-state index is 5.03. The molecule has 0 bridgehead atoms. The van der Waals surface area contributed by atoms with Crippen molar-refractivity contribution in [3.8, 4) is 23.1 Å². The molecule has 0 nitrogen and oxygen atoms in total. The maximum atomic E-state index is 5.03. The van der Waals surface area contributed by atoms with Crippen molar-refractivity contribution in [2.24, 2.45) is 0 Å². The number of rotatable bonds is 1. The van der Waals surface area contributed by atoms with Crippen LogP contribution < -0.4 is 0 Å². The van der Waals surface area contributed by atoms with Crippen molar-refractivity contribution in [3.63, 3.8) is 0 Å². The van der Waals surface area contributed by atoms with Gasteiger partial charge in [-0.2, -0.15) is 0 Å². The van der Waals surface area contributed by atoms with Crippen LogP contribution >= 0.6 is 31.9 Å². The Morgan fingerprint density at radius 3 is 2.62 bits per heavy atom. The van der Waals surface area contributed by atoms with E-state index in [0.29, 0.717) is 6.42 Å². The van der Waals surface area contributed by atoms with E-state index in [1.54, 1.807) is 0 Å². The quantitative estimate of drug-likeness (QED) is 0.483. The average molecular weight is 236 g/mol. The molecule has 42 valence electrons. The Labute approximate surface area is 66.3 Å². The van der Waals surface area contributed by atoms with Crippen LogP contribution in [0.1, 0.15) is 6.42 Å². The third kappa shape index (κ3) is 4.24. The molecule has 8 heavy (non-hydrogen) atoms. The molecule has 0 rings (SSSR count). The van der Waals surface area contributed by atoms with Gasteiger partial charge in [-0.1, -0.05) is 27.8 Å². The van der Waals surface area contributed by atoms with Crippen molar-refractivity contribution >= 4 is 31.9 Å². The van der Waals surface area contributed by atoms with Gasteiger partial charge >= 0.3 is 0 Å². The van der Waals surface area contributed by atoms with Gasteiger partial charge < -0.3 is 0 Å². The molecular weight excluding hydrogens is 232 g/mol. The van der Waals surface area contributed by atoms with Crippen LogP contribution in [0.2, 0.25) is 0 Å². The summed E-state index contributed by atoms with van der Waals surface area (Å²) < 4.78 is 0. The fraction of sp³-hybridized carbons (Fsp3) is 0.333. The second-order valence-electron chi connectivity index (χ2n) is 1.11. The highest BCUT2D eigenvalue weighted by Crippen LogP contribution is 2.00. The topological polar surface area (TPSA) is 0 Å². The summed E-state index contributed by atoms with van der Waals surface area (Å²) in [6.45, 7) is 0. The number of hydrogen-bond acceptors (Lipinski definition) is 0. The van der Waals surface area contributed by atoms with E-state index in [9.17, 15) is 0 Å². The van der Waals surface area contributed by atoms with Gasteiger partial charge in [0.05, 0.1) is 4.83 Å². The molecule has 0 aliphatic rings. The van der Waals surface area contributed by atoms with Crippen molar-refractivity contribution in [2.45, 2.75) is 11.2 Å². The van der Waals surface area contributed by atoms with Crippen molar-refractivity contribution in [2.75, 3.05) is 0 Å². The number of hydrogen-bond donors (Lipinski definition) is 0. The molecule has 0 aromatic heterocycles. The average Bonchev–Trinajstić information content (AvgIpc) is 1.83. The Morgan fingerprint density at radius 1 is 1.62 bits per heavy atom. The minimum atomic E-state index is 0.0903. The molecule has 0 spiro atoms. The molecule has 0 heterocycles. The Bertz CT molecular complexity index is 144. The van der Waals surface area contributed by atoms with Crippen LogP contribution in [0.5, 0.6) is 0 Å². The van der Waals surface area contributed by atoms with Crippen LogP contribution in [0.4, 0.5) is 0 Å². The van der Waals surface area contributed by atoms with Gasteiger partial charge in [0.15, 0.2) is 0 Å². The van der Waals surface area contributed by atoms with E-state index in [-0.39, 0.29) is 4.83 Å². The largest absolute Gasteiger partial charge is 0.119 e. The van der Waals surface area contributed by atoms with E-state index in [2.05, 4.69) is 48.5 Å². The molecule has 0 saturated heterocycles. The van der Waals surface area contributed by atoms with Crippen molar-refractivity contribution < 1.29 is 0 Å². The Hall–Kier alpha value is 0.0800. The lowest BCUT2D eigenvalue weighted by atomic mass is 10.3. The van der Waals surface area contributed by atoms with E-state index in [1.165, 1.54) is 0 Å². The van der Waals surface area contributed by atoms with Crippen LogP contribution in [0.15, 0.2) is 0 Å². The molecule has 1 unspecified atom stereocenters. The van der Waals surface area contributed by atoms with Crippen LogP contribution in [0, 0.1) is 23.1 Å². The third-order valence-corrected chi connectivity index (χ3v) is 1.40. The van der Waals surface area contributed by atoms with Gasteiger partial charge in [-0.15, -0.1) is 6.42 Å². The molecule has 0 aromatic carbocycles. The molecular formula is C6H4Br2. The molecule has 0 fully saturated rings. The minimum absolute atomic E-state index is 0.0903. The standard InChI is InChI=1S/C6H4Br2/c1-2-6(8)4-3-5-7/h1,6H,4H2. The van der Waals surface area contributed by atoms with Crippen LogP contribution in [0.3, 0.4) is 0 Å². The van der Waals surface area contributed by atoms with Gasteiger partial charge in [0.25, 0.3) is 0 Å². The van der Waals surface area contributed by atoms with E-state index >= 15 is 0 Å². The monoisotopic (exact) mass is 234 g/mol. The zero-order valence-corrected chi connectivity index (χ0v) is 7.29. The normalized spacial score (nSPS) is 10.6. The highest BCUT2D eigenvalue weighted by Gasteiger charge is 1.91. The molecule has 1 atom stereocenters. The number of alkyl halides is 1. The first-order valence-electron chi connectivity index (χ1n) is 2.00. The molecule has 0 aromatic rings. The van der Waals surface area contributed by atoms with Gasteiger partial charge in [-0.05, 0) is 4.83 Å². The lowest BCUT2D eigenvalue weighted by molar-refractivity contribution is 1.17. The maximum Gasteiger partial charge on any atom is 0.0861 e. The van der Waals surface area contributed by atoms with Crippen LogP contribution in [-0.2, 0) is 0 Å². The Kier molecular flexibility index (Phi) is 5.27. The summed E-state index contributed by atoms with van der Waals surface area (Å²) in [4.78, 5) is 2.66. The summed E-state index contributed by atoms with van der Waals surface area (Å²) >= 11 is 6.17. The first-order chi connectivity index (χ1) is 3.81. The first-order valence-corrected chi connectivity index (χ1v) is 3.71. The Balaban J connectivity index is 3.38. The van der Waals surface area contributed by atoms with Gasteiger partial charge in [0.1, 0.15) is 0 Å². The summed E-state index contributed by atoms with van der Waals surface area (Å²) in [6.07, 6.45) is 5.73. The molecule has 0 amide bonds. The number of halogens is 2. The molecule has 0 radical (unpaired) electrons. The predicted octanol–water partition coefficient (Wildman–Crippen LogP) is 2.13. The van der Waals surface area contributed by atoms with Crippen molar-refractivity contribution in [3.05, 3.63) is 0 Å². The molecule has 0 aliphatic heterocycles. The predicted molar refractivity (Wildman–Crippen MR) is 42.9 cm³/mol. The minimum Gasteiger partial charge on any atom is -0.119 e. The smallest absolute Gasteiger partial charge is 0.0861 e. The van der Waals surface area contributed by atoms with Gasteiger partial charge in [0.2, 0.25) is 0 Å². The van der Waals surface area contributed by atoms with Crippen LogP contribution in [0.25, 0.3) is 0 Å². The molecule has 0 aliphatic carbocycles. The second-order valence-corrected chi connectivity index (χ2v) is 2.61. The first kappa shape index (κ1) is 8.08. The summed E-state index contributed by atoms with van der Waals surface area (Å²) in [5, 5.41) is 0. The molecule has 2 heteroatoms. The van der Waals surface area contributed by atoms with Gasteiger partial charge in [-0.25, -0.2) is 0 Å². The highest BCUT2D eigenvalue weighted by molar-refractivity contribution is 9.12. The van der Waals surface area contributed by atoms with E-state index in [4.69, 9.17) is 6.42 Å². The Morgan fingerprint density at radius 2 is 2.25 bits per heavy atom. The van der Waals surface area contributed by atoms with E-state index in [1.807, 2.05) is 0 Å². The summed E-state index contributed by atoms with van der Waals surface area (Å²) in [5.74, 6) is 5.27. The van der Waals surface area contributed by atoms with Gasteiger partial charge in [-0.3, -0.25) is 0 Å². The third-order valence-electron chi connectivity index (χ3n) is 0.529. The zero-order valence-electron chi connectivity index (χ0n) is 4.12. The zero-order chi connectivity index (χ0) is 6.41. The number of terminal acetylenes is 1. The van der Waals surface area contributed by atoms with Crippen molar-refractivity contribution in [1.29, 1.82) is 0 Å². The lowest BCUT2D eigenvalue weighted by Crippen LogP contribution is -1.87. The summed E-state index contributed by atoms with van der Waals surface area (Å²) in [5.41, 5.74) is 0. The fourth-order valence-corrected chi connectivity index (χ4v) is 0.511. The fourth-order valence-electron chi connectivity index (χ4n) is 0.187. The highest BCUT2D eigenvalue weighted by atomic mass is 79.9. The van der Waals surface area contributed by atoms with E-state index < -0.39 is 0 Å². The summed E-state index contributed by atoms with van der Waals surface area (Å²) in [6, 6.07) is 0. The second kappa shape index (κ2) is 5.22. The molecule has 0 N–H and O–H groups in total. The van der Waals surface area contributed by atoms with E-state index in [0.717, 1.165) is 0 Å². The van der Waals surface area contributed by atoms with Crippen molar-refractivity contribution in [1.82, 2.24) is 0 Å². The SMILES string of the molecule is C#CC(Br)CC#CBr. The molecule has 0 saturated carbocycles. The van der Waals surface area contributed by atoms with Crippen LogP contribution in [-0.4, -0.2) is 4.83 Å². The summed E-state index contributed by atoms with van der Waals surface area (Å²) in [7, 11) is 0.